The molecule has 36 heavy (non-hydrogen) atoms. The van der Waals surface area contributed by atoms with E-state index in [1.807, 2.05) is 4.40 Å². The number of hydrogen-bond acceptors (Lipinski definition) is 8. The molecule has 0 bridgehead atoms. The van der Waals surface area contributed by atoms with Crippen molar-refractivity contribution in [1.29, 1.82) is 0 Å². The number of halogens is 4. The minimum Gasteiger partial charge on any atom is -0.381 e. The number of carbonyl (C=O) groups is 2. The molecule has 15 heteroatoms. The zero-order valence-electron chi connectivity index (χ0n) is 18.6. The summed E-state index contributed by atoms with van der Waals surface area (Å²) in [7, 11) is 0. The Morgan fingerprint density at radius 3 is 2.69 bits per heavy atom. The second kappa shape index (κ2) is 8.93. The van der Waals surface area contributed by atoms with E-state index in [1.54, 1.807) is 18.6 Å². The van der Waals surface area contributed by atoms with E-state index in [4.69, 9.17) is 17.3 Å². The van der Waals surface area contributed by atoms with Crippen molar-refractivity contribution in [3.8, 4) is 0 Å². The van der Waals surface area contributed by atoms with Gasteiger partial charge in [-0.05, 0) is 25.0 Å². The molecule has 0 saturated carbocycles. The minimum atomic E-state index is -5.23. The first kappa shape index (κ1) is 23.8. The van der Waals surface area contributed by atoms with Gasteiger partial charge in [0.2, 0.25) is 0 Å². The van der Waals surface area contributed by atoms with Gasteiger partial charge in [-0.1, -0.05) is 11.6 Å². The molecule has 1 fully saturated rings. The molecule has 5 heterocycles. The molecule has 3 N–H and O–H groups in total. The summed E-state index contributed by atoms with van der Waals surface area (Å²) < 4.78 is 41.3. The largest absolute Gasteiger partial charge is 0.493 e. The Kier molecular flexibility index (Phi) is 5.90. The van der Waals surface area contributed by atoms with E-state index in [0.717, 1.165) is 48.1 Å². The summed E-state index contributed by atoms with van der Waals surface area (Å²) in [6.45, 7) is 1.79. The molecular weight excluding hydrogens is 505 g/mol. The van der Waals surface area contributed by atoms with Gasteiger partial charge >= 0.3 is 12.1 Å². The van der Waals surface area contributed by atoms with Crippen LogP contribution in [0.3, 0.4) is 0 Å². The topological polar surface area (TPSA) is 123 Å². The summed E-state index contributed by atoms with van der Waals surface area (Å²) in [4.78, 5) is 35.4. The maximum Gasteiger partial charge on any atom is 0.493 e. The first-order valence-electron chi connectivity index (χ1n) is 10.9. The smallest absolute Gasteiger partial charge is 0.381 e. The molecule has 0 aromatic carbocycles. The monoisotopic (exact) mass is 524 g/mol. The minimum absolute atomic E-state index is 0.0285. The lowest BCUT2D eigenvalue weighted by molar-refractivity contribution is -0.200. The number of nitrogens with zero attached hydrogens (tertiary/aromatic N) is 6. The number of imidazole rings is 1. The van der Waals surface area contributed by atoms with Gasteiger partial charge in [0.15, 0.2) is 11.6 Å². The number of hydrogen-bond donors (Lipinski definition) is 2. The number of hydroxylamine groups is 1. The molecular formula is C21H20ClF3N8O3. The van der Waals surface area contributed by atoms with Gasteiger partial charge < -0.3 is 20.8 Å². The van der Waals surface area contributed by atoms with Crippen LogP contribution in [0.4, 0.5) is 30.6 Å². The number of fused-ring (bicyclic) bond motifs is 2. The predicted octanol–water partition coefficient (Wildman–Crippen LogP) is 2.65. The first-order chi connectivity index (χ1) is 17.1. The zero-order chi connectivity index (χ0) is 25.6. The Labute approximate surface area is 206 Å². The number of rotatable bonds is 5. The summed E-state index contributed by atoms with van der Waals surface area (Å²) in [5.41, 5.74) is 7.13. The van der Waals surface area contributed by atoms with E-state index in [9.17, 15) is 22.8 Å². The molecule has 0 aliphatic carbocycles. The molecule has 190 valence electrons. The van der Waals surface area contributed by atoms with Crippen molar-refractivity contribution < 1.29 is 27.6 Å². The van der Waals surface area contributed by atoms with E-state index in [-0.39, 0.29) is 30.3 Å². The fourth-order valence-electron chi connectivity index (χ4n) is 4.33. The van der Waals surface area contributed by atoms with Crippen LogP contribution in [0.1, 0.15) is 28.8 Å². The van der Waals surface area contributed by atoms with Crippen molar-refractivity contribution in [3.05, 3.63) is 47.0 Å². The van der Waals surface area contributed by atoms with Gasteiger partial charge in [0.1, 0.15) is 17.7 Å². The maximum atomic E-state index is 13.2. The van der Waals surface area contributed by atoms with Gasteiger partial charge in [0.05, 0.1) is 23.3 Å². The van der Waals surface area contributed by atoms with E-state index in [1.165, 1.54) is 6.08 Å². The van der Waals surface area contributed by atoms with Gasteiger partial charge in [-0.2, -0.15) is 23.3 Å². The van der Waals surface area contributed by atoms with Crippen LogP contribution in [0, 0.1) is 0 Å². The van der Waals surface area contributed by atoms with Crippen LogP contribution >= 0.6 is 11.6 Å². The van der Waals surface area contributed by atoms with Gasteiger partial charge in [0, 0.05) is 31.4 Å². The van der Waals surface area contributed by atoms with E-state index >= 15 is 0 Å². The fourth-order valence-corrected chi connectivity index (χ4v) is 4.60. The average Bonchev–Trinajstić information content (AvgIpc) is 3.57. The lowest BCUT2D eigenvalue weighted by atomic mass is 10.2. The van der Waals surface area contributed by atoms with Crippen molar-refractivity contribution in [2.45, 2.75) is 32.1 Å². The van der Waals surface area contributed by atoms with E-state index in [0.29, 0.717) is 15.6 Å². The highest BCUT2D eigenvalue weighted by atomic mass is 35.5. The number of nitrogens with one attached hydrogen (secondary N) is 1. The number of nitrogens with two attached hydrogens (primary N) is 1. The molecule has 0 radical (unpaired) electrons. The van der Waals surface area contributed by atoms with Crippen LogP contribution in [-0.2, 0) is 22.7 Å². The molecule has 0 spiro atoms. The normalized spacial score (nSPS) is 15.4. The molecule has 11 nitrogen and oxygen atoms in total. The summed E-state index contributed by atoms with van der Waals surface area (Å²) in [6.07, 6.45) is 2.58. The van der Waals surface area contributed by atoms with Crippen LogP contribution in [0.2, 0.25) is 5.02 Å². The third-order valence-electron chi connectivity index (χ3n) is 5.86. The Bertz CT molecular complexity index is 1380. The van der Waals surface area contributed by atoms with Crippen molar-refractivity contribution in [2.75, 3.05) is 28.8 Å². The molecule has 2 aliphatic heterocycles. The number of pyridine rings is 1. The fraction of sp³-hybridized carbons (Fsp3) is 0.333. The van der Waals surface area contributed by atoms with E-state index < -0.39 is 18.1 Å². The third-order valence-corrected chi connectivity index (χ3v) is 6.17. The summed E-state index contributed by atoms with van der Waals surface area (Å²) in [5, 5.41) is 7.71. The highest BCUT2D eigenvalue weighted by molar-refractivity contribution is 6.34. The van der Waals surface area contributed by atoms with Crippen LogP contribution in [0.15, 0.2) is 30.9 Å². The average molecular weight is 525 g/mol. The number of carbonyl (C=O) groups excluding carboxylic acids is 2. The summed E-state index contributed by atoms with van der Waals surface area (Å²) >= 11 is 6.44. The quantitative estimate of drug-likeness (QED) is 0.522. The van der Waals surface area contributed by atoms with Gasteiger partial charge in [-0.3, -0.25) is 9.20 Å². The Morgan fingerprint density at radius 1 is 1.22 bits per heavy atom. The molecule has 3 aromatic heterocycles. The standard InChI is InChI=1S/C21H20ClF3N8O3/c22-13-8-12(18(30-4-1-2-5-30)31-11-27-10-14(13)31)9-28-17(34)15-16(26)29-32-6-3-7-33(19(15)32)36-20(35)21(23,24)25/h3,7-8,10-11H,1-2,4-6,9H2,(H2,26,29)(H,28,34). The lowest BCUT2D eigenvalue weighted by Gasteiger charge is -2.25. The van der Waals surface area contributed by atoms with Crippen LogP contribution in [0.5, 0.6) is 0 Å². The molecule has 0 atom stereocenters. The maximum absolute atomic E-state index is 13.2. The Morgan fingerprint density at radius 2 is 1.97 bits per heavy atom. The highest BCUT2D eigenvalue weighted by Crippen LogP contribution is 2.33. The van der Waals surface area contributed by atoms with Crippen molar-refractivity contribution in [2.24, 2.45) is 0 Å². The molecule has 1 amide bonds. The molecule has 2 aliphatic rings. The number of allylic oxidation sites excluding steroid dienone is 1. The first-order valence-corrected chi connectivity index (χ1v) is 11.3. The number of nitrogen functional groups attached to an aromatic ring is 1. The van der Waals surface area contributed by atoms with Gasteiger partial charge in [-0.15, -0.1) is 0 Å². The lowest BCUT2D eigenvalue weighted by Crippen LogP contribution is -2.35. The van der Waals surface area contributed by atoms with Crippen molar-refractivity contribution >= 4 is 46.4 Å². The van der Waals surface area contributed by atoms with Gasteiger partial charge in [-0.25, -0.2) is 14.5 Å². The second-order valence-corrected chi connectivity index (χ2v) is 8.63. The SMILES string of the molecule is Nc1nn2c(c1C(=O)NCc1cc(Cl)c3cncn3c1N1CCCC1)N(OC(=O)C(F)(F)F)C=CC2. The molecule has 1 saturated heterocycles. The molecule has 3 aromatic rings. The highest BCUT2D eigenvalue weighted by Gasteiger charge is 2.44. The summed E-state index contributed by atoms with van der Waals surface area (Å²) in [5.74, 6) is -2.77. The van der Waals surface area contributed by atoms with Gasteiger partial charge in [0.25, 0.3) is 5.91 Å². The second-order valence-electron chi connectivity index (χ2n) is 8.22. The number of alkyl halides is 3. The Hall–Kier alpha value is -3.94. The summed E-state index contributed by atoms with van der Waals surface area (Å²) in [6, 6.07) is 1.74. The van der Waals surface area contributed by atoms with Crippen LogP contribution < -0.4 is 21.0 Å². The van der Waals surface area contributed by atoms with Crippen molar-refractivity contribution in [3.63, 3.8) is 0 Å². The number of anilines is 3. The predicted molar refractivity (Wildman–Crippen MR) is 123 cm³/mol. The zero-order valence-corrected chi connectivity index (χ0v) is 19.4. The number of amides is 1. The van der Waals surface area contributed by atoms with E-state index in [2.05, 4.69) is 25.1 Å². The molecule has 5 rings (SSSR count). The van der Waals surface area contributed by atoms with Crippen LogP contribution in [0.25, 0.3) is 5.52 Å². The van der Waals surface area contributed by atoms with Crippen LogP contribution in [-0.4, -0.2) is 50.3 Å². The third kappa shape index (κ3) is 4.17. The van der Waals surface area contributed by atoms with Crippen molar-refractivity contribution in [1.82, 2.24) is 24.5 Å². The number of aromatic nitrogens is 4. The Balaban J connectivity index is 1.44. The molecule has 0 unspecified atom stereocenters.